The third kappa shape index (κ3) is 2.57. The van der Waals surface area contributed by atoms with E-state index in [1.807, 2.05) is 25.1 Å². The zero-order chi connectivity index (χ0) is 11.3. The lowest BCUT2D eigenvalue weighted by molar-refractivity contribution is 0.214. The highest BCUT2D eigenvalue weighted by atomic mass is 16.5. The van der Waals surface area contributed by atoms with Crippen molar-refractivity contribution in [3.63, 3.8) is 0 Å². The zero-order valence-electron chi connectivity index (χ0n) is 9.50. The second-order valence-electron chi connectivity index (χ2n) is 3.51. The molecule has 15 heavy (non-hydrogen) atoms. The van der Waals surface area contributed by atoms with Gasteiger partial charge in [0.2, 0.25) is 0 Å². The van der Waals surface area contributed by atoms with Crippen molar-refractivity contribution in [3.8, 4) is 6.07 Å². The van der Waals surface area contributed by atoms with Crippen LogP contribution in [0.2, 0.25) is 0 Å². The van der Waals surface area contributed by atoms with Crippen molar-refractivity contribution >= 4 is 0 Å². The highest BCUT2D eigenvalue weighted by molar-refractivity contribution is 5.48. The molecule has 0 aliphatic rings. The van der Waals surface area contributed by atoms with Gasteiger partial charge in [-0.05, 0) is 23.6 Å². The van der Waals surface area contributed by atoms with Crippen molar-refractivity contribution < 1.29 is 4.74 Å². The van der Waals surface area contributed by atoms with Crippen LogP contribution in [-0.2, 0) is 11.2 Å². The smallest absolute Gasteiger partial charge is 0.0994 e. The molecule has 1 aromatic rings. The average molecular weight is 202 g/mol. The molecule has 0 amide bonds. The highest BCUT2D eigenvalue weighted by Gasteiger charge is 2.12. The first-order valence-electron chi connectivity index (χ1n) is 5.08. The first-order chi connectivity index (χ1) is 7.24. The first-order valence-corrected chi connectivity index (χ1v) is 5.08. The summed E-state index contributed by atoms with van der Waals surface area (Å²) in [5.74, 6) is 1.17. The Bertz CT molecular complexity index is 365. The number of methoxy groups -OCH3 is 1. The first kappa shape index (κ1) is 11.7. The SMILES string of the molecule is CCc1c(C#N)cccc1[C](C)COC. The minimum atomic E-state index is 0.613. The van der Waals surface area contributed by atoms with Crippen LogP contribution in [0, 0.1) is 17.2 Å². The summed E-state index contributed by atoms with van der Waals surface area (Å²) in [6.45, 7) is 4.72. The Kier molecular flexibility index (Phi) is 4.33. The molecular weight excluding hydrogens is 186 g/mol. The lowest BCUT2D eigenvalue weighted by atomic mass is 9.91. The predicted molar refractivity (Wildman–Crippen MR) is 60.4 cm³/mol. The normalized spacial score (nSPS) is 10.3. The van der Waals surface area contributed by atoms with Gasteiger partial charge >= 0.3 is 0 Å². The fraction of sp³-hybridized carbons (Fsp3) is 0.385. The van der Waals surface area contributed by atoms with E-state index in [9.17, 15) is 0 Å². The minimum absolute atomic E-state index is 0.613. The summed E-state index contributed by atoms with van der Waals surface area (Å²) in [6, 6.07) is 8.07. The van der Waals surface area contributed by atoms with Gasteiger partial charge in [0.15, 0.2) is 0 Å². The maximum Gasteiger partial charge on any atom is 0.0994 e. The molecule has 0 saturated carbocycles. The number of nitriles is 1. The second kappa shape index (κ2) is 5.53. The highest BCUT2D eigenvalue weighted by Crippen LogP contribution is 2.22. The summed E-state index contributed by atoms with van der Waals surface area (Å²) >= 11 is 0. The molecule has 0 spiro atoms. The van der Waals surface area contributed by atoms with Gasteiger partial charge in [0, 0.05) is 13.0 Å². The monoisotopic (exact) mass is 202 g/mol. The minimum Gasteiger partial charge on any atom is -0.384 e. The Labute approximate surface area is 91.5 Å². The number of rotatable bonds is 4. The van der Waals surface area contributed by atoms with Crippen LogP contribution in [-0.4, -0.2) is 13.7 Å². The number of hydrogen-bond acceptors (Lipinski definition) is 2. The van der Waals surface area contributed by atoms with E-state index in [1.54, 1.807) is 7.11 Å². The van der Waals surface area contributed by atoms with Gasteiger partial charge in [0.05, 0.1) is 18.2 Å². The zero-order valence-corrected chi connectivity index (χ0v) is 9.50. The molecule has 0 aliphatic carbocycles. The van der Waals surface area contributed by atoms with Gasteiger partial charge in [-0.25, -0.2) is 0 Å². The molecule has 0 aromatic heterocycles. The van der Waals surface area contributed by atoms with Crippen molar-refractivity contribution in [1.82, 2.24) is 0 Å². The molecule has 79 valence electrons. The van der Waals surface area contributed by atoms with E-state index < -0.39 is 0 Å². The fourth-order valence-corrected chi connectivity index (χ4v) is 1.77. The van der Waals surface area contributed by atoms with Crippen LogP contribution >= 0.6 is 0 Å². The fourth-order valence-electron chi connectivity index (χ4n) is 1.77. The molecule has 0 atom stereocenters. The Balaban J connectivity index is 3.12. The van der Waals surface area contributed by atoms with Gasteiger partial charge in [-0.3, -0.25) is 0 Å². The van der Waals surface area contributed by atoms with Gasteiger partial charge < -0.3 is 4.74 Å². The lowest BCUT2D eigenvalue weighted by Crippen LogP contribution is -2.07. The Morgan fingerprint density at radius 3 is 2.73 bits per heavy atom. The molecule has 1 rings (SSSR count). The molecule has 0 saturated heterocycles. The van der Waals surface area contributed by atoms with Crippen LogP contribution in [0.4, 0.5) is 0 Å². The maximum absolute atomic E-state index is 9.00. The molecule has 0 unspecified atom stereocenters. The average Bonchev–Trinajstić information content (AvgIpc) is 2.28. The quantitative estimate of drug-likeness (QED) is 0.752. The van der Waals surface area contributed by atoms with Gasteiger partial charge in [0.25, 0.3) is 0 Å². The molecule has 0 heterocycles. The van der Waals surface area contributed by atoms with E-state index in [0.717, 1.165) is 23.1 Å². The standard InChI is InChI=1S/C13H16NO/c1-4-12-11(8-14)6-5-7-13(12)10(2)9-15-3/h5-7H,4,9H2,1-3H3. The molecule has 1 aromatic carbocycles. The molecule has 0 bridgehead atoms. The van der Waals surface area contributed by atoms with Gasteiger partial charge in [-0.1, -0.05) is 26.0 Å². The van der Waals surface area contributed by atoms with Crippen LogP contribution in [0.5, 0.6) is 0 Å². The van der Waals surface area contributed by atoms with E-state index >= 15 is 0 Å². The summed E-state index contributed by atoms with van der Waals surface area (Å²) in [7, 11) is 1.68. The topological polar surface area (TPSA) is 33.0 Å². The van der Waals surface area contributed by atoms with E-state index in [4.69, 9.17) is 10.00 Å². The van der Waals surface area contributed by atoms with Gasteiger partial charge in [-0.2, -0.15) is 5.26 Å². The van der Waals surface area contributed by atoms with Crippen molar-refractivity contribution in [2.75, 3.05) is 13.7 Å². The van der Waals surface area contributed by atoms with Crippen LogP contribution in [0.25, 0.3) is 0 Å². The Morgan fingerprint density at radius 2 is 2.20 bits per heavy atom. The van der Waals surface area contributed by atoms with Crippen LogP contribution in [0.15, 0.2) is 18.2 Å². The lowest BCUT2D eigenvalue weighted by Gasteiger charge is -2.15. The number of ether oxygens (including phenoxy) is 1. The Morgan fingerprint density at radius 1 is 1.47 bits per heavy atom. The van der Waals surface area contributed by atoms with Crippen molar-refractivity contribution in [3.05, 3.63) is 40.8 Å². The summed E-state index contributed by atoms with van der Waals surface area (Å²) in [5, 5.41) is 9.00. The van der Waals surface area contributed by atoms with E-state index in [2.05, 4.69) is 13.0 Å². The van der Waals surface area contributed by atoms with Crippen LogP contribution in [0.1, 0.15) is 30.5 Å². The predicted octanol–water partition coefficient (Wildman–Crippen LogP) is 2.71. The van der Waals surface area contributed by atoms with Crippen molar-refractivity contribution in [2.45, 2.75) is 20.3 Å². The second-order valence-corrected chi connectivity index (χ2v) is 3.51. The molecule has 0 aliphatic heterocycles. The third-order valence-electron chi connectivity index (χ3n) is 2.47. The van der Waals surface area contributed by atoms with Crippen molar-refractivity contribution in [1.29, 1.82) is 5.26 Å². The molecule has 1 radical (unpaired) electrons. The molecule has 0 fully saturated rings. The maximum atomic E-state index is 9.00. The van der Waals surface area contributed by atoms with E-state index in [1.165, 1.54) is 5.92 Å². The van der Waals surface area contributed by atoms with E-state index in [0.29, 0.717) is 6.61 Å². The Hall–Kier alpha value is -1.33. The summed E-state index contributed by atoms with van der Waals surface area (Å²) in [5.41, 5.74) is 3.04. The van der Waals surface area contributed by atoms with Crippen LogP contribution in [0.3, 0.4) is 0 Å². The van der Waals surface area contributed by atoms with E-state index in [-0.39, 0.29) is 0 Å². The molecule has 2 heteroatoms. The van der Waals surface area contributed by atoms with Crippen molar-refractivity contribution in [2.24, 2.45) is 0 Å². The van der Waals surface area contributed by atoms with Crippen LogP contribution < -0.4 is 0 Å². The number of hydrogen-bond donors (Lipinski definition) is 0. The van der Waals surface area contributed by atoms with Gasteiger partial charge in [-0.15, -0.1) is 0 Å². The largest absolute Gasteiger partial charge is 0.384 e. The number of nitrogens with zero attached hydrogens (tertiary/aromatic N) is 1. The van der Waals surface area contributed by atoms with Gasteiger partial charge in [0.1, 0.15) is 0 Å². The summed E-state index contributed by atoms with van der Waals surface area (Å²) in [4.78, 5) is 0. The summed E-state index contributed by atoms with van der Waals surface area (Å²) in [6.07, 6.45) is 0.875. The molecular formula is C13H16NO. The third-order valence-corrected chi connectivity index (χ3v) is 2.47. The molecule has 2 nitrogen and oxygen atoms in total. The summed E-state index contributed by atoms with van der Waals surface area (Å²) < 4.78 is 5.11. The molecule has 0 N–H and O–H groups in total. The number of benzene rings is 1.